The van der Waals surface area contributed by atoms with Crippen LogP contribution >= 0.6 is 0 Å². The van der Waals surface area contributed by atoms with Crippen LogP contribution in [0.3, 0.4) is 0 Å². The predicted molar refractivity (Wildman–Crippen MR) is 68.3 cm³/mol. The lowest BCUT2D eigenvalue weighted by Crippen LogP contribution is -2.40. The number of nitrogens with zero attached hydrogens (tertiary/aromatic N) is 3. The summed E-state index contributed by atoms with van der Waals surface area (Å²) in [6.07, 6.45) is 5.57. The van der Waals surface area contributed by atoms with Gasteiger partial charge in [0.05, 0.1) is 0 Å². The smallest absolute Gasteiger partial charge is 0.293 e. The highest BCUT2D eigenvalue weighted by molar-refractivity contribution is 5.39. The van der Waals surface area contributed by atoms with Gasteiger partial charge in [-0.15, -0.1) is 0 Å². The van der Waals surface area contributed by atoms with Crippen LogP contribution in [0.25, 0.3) is 0 Å². The summed E-state index contributed by atoms with van der Waals surface area (Å²) in [4.78, 5) is 18.6. The van der Waals surface area contributed by atoms with E-state index in [0.29, 0.717) is 12.4 Å². The molecule has 0 saturated carbocycles. The second kappa shape index (κ2) is 4.87. The molecule has 0 aliphatic carbocycles. The van der Waals surface area contributed by atoms with Gasteiger partial charge in [-0.3, -0.25) is 4.79 Å². The molecule has 1 unspecified atom stereocenters. The summed E-state index contributed by atoms with van der Waals surface area (Å²) in [6, 6.07) is 0.418. The zero-order chi connectivity index (χ0) is 12.4. The molecule has 5 heteroatoms. The fraction of sp³-hybridized carbons (Fsp3) is 0.667. The minimum absolute atomic E-state index is 0.0112. The van der Waals surface area contributed by atoms with E-state index >= 15 is 0 Å². The van der Waals surface area contributed by atoms with E-state index < -0.39 is 0 Å². The molecule has 0 spiro atoms. The molecule has 1 atom stereocenters. The molecule has 0 bridgehead atoms. The van der Waals surface area contributed by atoms with Crippen LogP contribution < -0.4 is 16.2 Å². The van der Waals surface area contributed by atoms with Crippen LogP contribution in [-0.4, -0.2) is 28.7 Å². The standard InChI is InChI=1S/C12H20N4O/c1-9(2)15-7-5-14-11(12(15)17)16-6-3-4-10(16)8-13/h5,7,9-10H,3-4,6,8,13H2,1-2H3. The van der Waals surface area contributed by atoms with Gasteiger partial charge < -0.3 is 15.2 Å². The maximum atomic E-state index is 12.3. The van der Waals surface area contributed by atoms with Crippen LogP contribution in [0.2, 0.25) is 0 Å². The molecule has 1 saturated heterocycles. The van der Waals surface area contributed by atoms with Gasteiger partial charge in [0.15, 0.2) is 5.82 Å². The Hall–Kier alpha value is -1.36. The van der Waals surface area contributed by atoms with E-state index in [1.807, 2.05) is 13.8 Å². The lowest BCUT2D eigenvalue weighted by Gasteiger charge is -2.24. The van der Waals surface area contributed by atoms with E-state index in [9.17, 15) is 4.79 Å². The summed E-state index contributed by atoms with van der Waals surface area (Å²) < 4.78 is 1.72. The molecule has 2 heterocycles. The van der Waals surface area contributed by atoms with Crippen LogP contribution in [0.4, 0.5) is 5.82 Å². The van der Waals surface area contributed by atoms with Gasteiger partial charge in [0.2, 0.25) is 0 Å². The average molecular weight is 236 g/mol. The Labute approximate surface area is 101 Å². The molecule has 1 fully saturated rings. The Morgan fingerprint density at radius 2 is 2.35 bits per heavy atom. The van der Waals surface area contributed by atoms with Gasteiger partial charge in [-0.1, -0.05) is 0 Å². The number of anilines is 1. The van der Waals surface area contributed by atoms with Gasteiger partial charge in [0.1, 0.15) is 0 Å². The number of rotatable bonds is 3. The predicted octanol–water partition coefficient (Wildman–Crippen LogP) is 0.752. The van der Waals surface area contributed by atoms with E-state index in [1.54, 1.807) is 17.0 Å². The molecule has 0 amide bonds. The highest BCUT2D eigenvalue weighted by Gasteiger charge is 2.26. The third kappa shape index (κ3) is 2.20. The maximum absolute atomic E-state index is 12.3. The topological polar surface area (TPSA) is 64.2 Å². The molecule has 5 nitrogen and oxygen atoms in total. The zero-order valence-electron chi connectivity index (χ0n) is 10.5. The average Bonchev–Trinajstić information content (AvgIpc) is 2.76. The first-order valence-corrected chi connectivity index (χ1v) is 6.19. The van der Waals surface area contributed by atoms with Crippen molar-refractivity contribution in [2.75, 3.05) is 18.0 Å². The molecular weight excluding hydrogens is 216 g/mol. The molecule has 1 aliphatic rings. The van der Waals surface area contributed by atoms with Gasteiger partial charge in [-0.05, 0) is 26.7 Å². The minimum Gasteiger partial charge on any atom is -0.348 e. The van der Waals surface area contributed by atoms with Crippen LogP contribution in [0.15, 0.2) is 17.2 Å². The van der Waals surface area contributed by atoms with Crippen LogP contribution in [0.5, 0.6) is 0 Å². The monoisotopic (exact) mass is 236 g/mol. The van der Waals surface area contributed by atoms with Crippen molar-refractivity contribution in [3.05, 3.63) is 22.7 Å². The largest absolute Gasteiger partial charge is 0.348 e. The maximum Gasteiger partial charge on any atom is 0.293 e. The van der Waals surface area contributed by atoms with Crippen LogP contribution in [0.1, 0.15) is 32.7 Å². The second-order valence-corrected chi connectivity index (χ2v) is 4.78. The van der Waals surface area contributed by atoms with Crippen LogP contribution in [0, 0.1) is 0 Å². The van der Waals surface area contributed by atoms with E-state index in [-0.39, 0.29) is 17.6 Å². The number of hydrogen-bond donors (Lipinski definition) is 1. The normalized spacial score (nSPS) is 20.2. The molecule has 1 aliphatic heterocycles. The third-order valence-electron chi connectivity index (χ3n) is 3.33. The van der Waals surface area contributed by atoms with Crippen molar-refractivity contribution in [2.24, 2.45) is 5.73 Å². The molecule has 0 aromatic carbocycles. The lowest BCUT2D eigenvalue weighted by molar-refractivity contribution is 0.568. The molecule has 17 heavy (non-hydrogen) atoms. The Bertz CT molecular complexity index is 440. The van der Waals surface area contributed by atoms with Crippen molar-refractivity contribution in [3.8, 4) is 0 Å². The molecule has 1 aromatic rings. The SMILES string of the molecule is CC(C)n1ccnc(N2CCCC2CN)c1=O. The van der Waals surface area contributed by atoms with E-state index in [1.165, 1.54) is 0 Å². The first-order chi connectivity index (χ1) is 8.15. The third-order valence-corrected chi connectivity index (χ3v) is 3.33. The zero-order valence-corrected chi connectivity index (χ0v) is 10.5. The summed E-state index contributed by atoms with van der Waals surface area (Å²) in [6.45, 7) is 5.45. The Balaban J connectivity index is 2.39. The summed E-state index contributed by atoms with van der Waals surface area (Å²) in [5, 5.41) is 0. The van der Waals surface area contributed by atoms with E-state index in [4.69, 9.17) is 5.73 Å². The quantitative estimate of drug-likeness (QED) is 0.841. The molecular formula is C12H20N4O. The number of nitrogens with two attached hydrogens (primary N) is 1. The summed E-state index contributed by atoms with van der Waals surface area (Å²) >= 11 is 0. The second-order valence-electron chi connectivity index (χ2n) is 4.78. The highest BCUT2D eigenvalue weighted by Crippen LogP contribution is 2.20. The van der Waals surface area contributed by atoms with Crippen molar-refractivity contribution >= 4 is 5.82 Å². The van der Waals surface area contributed by atoms with E-state index in [2.05, 4.69) is 9.88 Å². The van der Waals surface area contributed by atoms with Gasteiger partial charge in [-0.25, -0.2) is 4.98 Å². The highest BCUT2D eigenvalue weighted by atomic mass is 16.1. The number of aromatic nitrogens is 2. The first-order valence-electron chi connectivity index (χ1n) is 6.19. The fourth-order valence-electron chi connectivity index (χ4n) is 2.38. The Kier molecular flexibility index (Phi) is 3.47. The van der Waals surface area contributed by atoms with Gasteiger partial charge in [0, 0.05) is 37.6 Å². The molecule has 2 rings (SSSR count). The van der Waals surface area contributed by atoms with Crippen molar-refractivity contribution in [1.29, 1.82) is 0 Å². The minimum atomic E-state index is -0.0112. The van der Waals surface area contributed by atoms with Gasteiger partial charge >= 0.3 is 0 Å². The van der Waals surface area contributed by atoms with Crippen molar-refractivity contribution in [2.45, 2.75) is 38.8 Å². The Morgan fingerprint density at radius 1 is 1.59 bits per heavy atom. The Morgan fingerprint density at radius 3 is 3.00 bits per heavy atom. The van der Waals surface area contributed by atoms with E-state index in [0.717, 1.165) is 19.4 Å². The first kappa shape index (κ1) is 12.1. The molecule has 2 N–H and O–H groups in total. The van der Waals surface area contributed by atoms with Crippen molar-refractivity contribution in [1.82, 2.24) is 9.55 Å². The van der Waals surface area contributed by atoms with Gasteiger partial charge in [0.25, 0.3) is 5.56 Å². The fourth-order valence-corrected chi connectivity index (χ4v) is 2.38. The molecule has 1 aromatic heterocycles. The summed E-state index contributed by atoms with van der Waals surface area (Å²) in [7, 11) is 0. The van der Waals surface area contributed by atoms with Crippen molar-refractivity contribution in [3.63, 3.8) is 0 Å². The summed E-state index contributed by atoms with van der Waals surface area (Å²) in [5.41, 5.74) is 5.72. The van der Waals surface area contributed by atoms with Crippen molar-refractivity contribution < 1.29 is 0 Å². The number of hydrogen-bond acceptors (Lipinski definition) is 4. The van der Waals surface area contributed by atoms with Crippen LogP contribution in [-0.2, 0) is 0 Å². The molecule has 94 valence electrons. The van der Waals surface area contributed by atoms with Gasteiger partial charge in [-0.2, -0.15) is 0 Å². The summed E-state index contributed by atoms with van der Waals surface area (Å²) in [5.74, 6) is 0.550. The lowest BCUT2D eigenvalue weighted by atomic mass is 10.2. The molecule has 0 radical (unpaired) electrons.